The van der Waals surface area contributed by atoms with Gasteiger partial charge in [0.1, 0.15) is 11.4 Å². The van der Waals surface area contributed by atoms with Crippen molar-refractivity contribution in [3.63, 3.8) is 0 Å². The zero-order valence-corrected chi connectivity index (χ0v) is 15.2. The number of carbonyl (C=O) groups excluding carboxylic acids is 1. The average molecular weight is 353 g/mol. The van der Waals surface area contributed by atoms with Gasteiger partial charge in [0.15, 0.2) is 5.15 Å². The fraction of sp³-hybridized carbons (Fsp3) is 0.706. The maximum absolute atomic E-state index is 12.2. The number of halogens is 1. The van der Waals surface area contributed by atoms with Crippen LogP contribution in [0.15, 0.2) is 12.1 Å². The lowest BCUT2D eigenvalue weighted by atomic mass is 10.0. The molecule has 24 heavy (non-hydrogen) atoms. The molecule has 2 heterocycles. The van der Waals surface area contributed by atoms with Gasteiger partial charge in [-0.3, -0.25) is 0 Å². The molecular weight excluding hydrogens is 328 g/mol. The van der Waals surface area contributed by atoms with Gasteiger partial charge in [0.2, 0.25) is 0 Å². The quantitative estimate of drug-likeness (QED) is 0.902. The van der Waals surface area contributed by atoms with E-state index in [0.717, 1.165) is 38.3 Å². The number of carbonyl (C=O) groups is 1. The summed E-state index contributed by atoms with van der Waals surface area (Å²) in [7, 11) is 0. The summed E-state index contributed by atoms with van der Waals surface area (Å²) in [6.07, 6.45) is 2.10. The molecular formula is C17H25ClN4O2. The Balaban J connectivity index is 1.45. The van der Waals surface area contributed by atoms with Crippen LogP contribution in [0.1, 0.15) is 33.6 Å². The number of fused-ring (bicyclic) bond motifs is 1. The van der Waals surface area contributed by atoms with Gasteiger partial charge in [-0.2, -0.15) is 0 Å². The fourth-order valence-electron chi connectivity index (χ4n) is 3.73. The molecule has 7 heteroatoms. The molecule has 0 spiro atoms. The third-order valence-electron chi connectivity index (χ3n) is 4.70. The van der Waals surface area contributed by atoms with Gasteiger partial charge in [-0.1, -0.05) is 11.6 Å². The Morgan fingerprint density at radius 1 is 1.29 bits per heavy atom. The van der Waals surface area contributed by atoms with Gasteiger partial charge in [-0.15, -0.1) is 10.2 Å². The minimum Gasteiger partial charge on any atom is -0.444 e. The third-order valence-corrected chi connectivity index (χ3v) is 4.91. The van der Waals surface area contributed by atoms with Crippen molar-refractivity contribution >= 4 is 23.5 Å². The van der Waals surface area contributed by atoms with Crippen molar-refractivity contribution in [3.8, 4) is 0 Å². The van der Waals surface area contributed by atoms with E-state index in [9.17, 15) is 4.79 Å². The highest BCUT2D eigenvalue weighted by atomic mass is 35.5. The molecule has 1 amide bonds. The van der Waals surface area contributed by atoms with Gasteiger partial charge >= 0.3 is 6.09 Å². The van der Waals surface area contributed by atoms with Crippen LogP contribution >= 0.6 is 11.6 Å². The van der Waals surface area contributed by atoms with Crippen LogP contribution in [0.2, 0.25) is 5.15 Å². The van der Waals surface area contributed by atoms with E-state index in [1.165, 1.54) is 0 Å². The minimum absolute atomic E-state index is 0.178. The average Bonchev–Trinajstić information content (AvgIpc) is 3.03. The monoisotopic (exact) mass is 352 g/mol. The predicted octanol–water partition coefficient (Wildman–Crippen LogP) is 3.44. The minimum atomic E-state index is -0.430. The summed E-state index contributed by atoms with van der Waals surface area (Å²) in [5, 5.41) is 11.6. The maximum Gasteiger partial charge on any atom is 0.410 e. The van der Waals surface area contributed by atoms with Crippen LogP contribution < -0.4 is 5.32 Å². The summed E-state index contributed by atoms with van der Waals surface area (Å²) in [6, 6.07) is 3.58. The molecule has 1 aromatic heterocycles. The predicted molar refractivity (Wildman–Crippen MR) is 93.0 cm³/mol. The van der Waals surface area contributed by atoms with Crippen LogP contribution in [-0.4, -0.2) is 46.4 Å². The van der Waals surface area contributed by atoms with Crippen LogP contribution in [-0.2, 0) is 4.74 Å². The molecule has 0 aromatic carbocycles. The summed E-state index contributed by atoms with van der Waals surface area (Å²) >= 11 is 5.74. The summed E-state index contributed by atoms with van der Waals surface area (Å²) in [4.78, 5) is 14.0. The van der Waals surface area contributed by atoms with Crippen molar-refractivity contribution in [3.05, 3.63) is 17.3 Å². The Hall–Kier alpha value is -1.56. The molecule has 2 fully saturated rings. The molecule has 1 aliphatic carbocycles. The number of anilines is 1. The van der Waals surface area contributed by atoms with Crippen molar-refractivity contribution in [2.75, 3.05) is 25.0 Å². The lowest BCUT2D eigenvalue weighted by Gasteiger charge is -2.25. The van der Waals surface area contributed by atoms with Crippen LogP contribution in [0, 0.1) is 17.8 Å². The number of nitrogens with one attached hydrogen (secondary N) is 1. The lowest BCUT2D eigenvalue weighted by Crippen LogP contribution is -2.36. The summed E-state index contributed by atoms with van der Waals surface area (Å²) < 4.78 is 5.48. The number of rotatable bonds is 3. The molecule has 132 valence electrons. The van der Waals surface area contributed by atoms with Crippen molar-refractivity contribution < 1.29 is 9.53 Å². The zero-order valence-electron chi connectivity index (χ0n) is 14.5. The first-order valence-electron chi connectivity index (χ1n) is 8.51. The molecule has 1 unspecified atom stereocenters. The largest absolute Gasteiger partial charge is 0.444 e. The molecule has 1 aromatic rings. The highest BCUT2D eigenvalue weighted by Gasteiger charge is 2.43. The second kappa shape index (κ2) is 6.75. The highest BCUT2D eigenvalue weighted by molar-refractivity contribution is 6.29. The highest BCUT2D eigenvalue weighted by Crippen LogP contribution is 2.41. The maximum atomic E-state index is 12.2. The summed E-state index contributed by atoms with van der Waals surface area (Å²) in [6.45, 7) is 8.24. The van der Waals surface area contributed by atoms with Gasteiger partial charge in [-0.25, -0.2) is 4.79 Å². The number of amides is 1. The molecule has 0 radical (unpaired) electrons. The van der Waals surface area contributed by atoms with Crippen molar-refractivity contribution in [1.82, 2.24) is 15.1 Å². The number of hydrogen-bond acceptors (Lipinski definition) is 5. The molecule has 3 rings (SSSR count). The number of likely N-dealkylation sites (tertiary alicyclic amines) is 1. The molecule has 1 N–H and O–H groups in total. The Kier molecular flexibility index (Phi) is 4.85. The van der Waals surface area contributed by atoms with E-state index in [0.29, 0.717) is 22.9 Å². The van der Waals surface area contributed by atoms with Gasteiger partial charge in [0, 0.05) is 19.6 Å². The molecule has 0 bridgehead atoms. The Bertz CT molecular complexity index is 573. The number of nitrogens with zero attached hydrogens (tertiary/aromatic N) is 3. The standard InChI is InChI=1S/C17H25ClN4O2/c1-17(2,3)24-16(23)22-9-12-6-11(7-13(12)10-22)8-19-15-5-4-14(18)20-21-15/h4-5,11-13H,6-10H2,1-3H3,(H,19,21)/t11?,12-,13+. The second-order valence-corrected chi connectivity index (χ2v) is 8.25. The Morgan fingerprint density at radius 3 is 2.50 bits per heavy atom. The third kappa shape index (κ3) is 4.29. The summed E-state index contributed by atoms with van der Waals surface area (Å²) in [5.74, 6) is 2.53. The van der Waals surface area contributed by atoms with Gasteiger partial charge in [0.25, 0.3) is 0 Å². The first kappa shape index (κ1) is 17.3. The summed E-state index contributed by atoms with van der Waals surface area (Å²) in [5.41, 5.74) is -0.430. The first-order chi connectivity index (χ1) is 11.3. The van der Waals surface area contributed by atoms with Gasteiger partial charge in [-0.05, 0) is 63.5 Å². The van der Waals surface area contributed by atoms with Crippen molar-refractivity contribution in [2.45, 2.75) is 39.2 Å². The van der Waals surface area contributed by atoms with Crippen LogP contribution in [0.25, 0.3) is 0 Å². The number of ether oxygens (including phenoxy) is 1. The van der Waals surface area contributed by atoms with Crippen LogP contribution in [0.4, 0.5) is 10.6 Å². The van der Waals surface area contributed by atoms with E-state index in [-0.39, 0.29) is 6.09 Å². The van der Waals surface area contributed by atoms with E-state index >= 15 is 0 Å². The molecule has 1 saturated heterocycles. The van der Waals surface area contributed by atoms with Crippen LogP contribution in [0.5, 0.6) is 0 Å². The zero-order chi connectivity index (χ0) is 17.3. The van der Waals surface area contributed by atoms with Gasteiger partial charge in [0.05, 0.1) is 0 Å². The second-order valence-electron chi connectivity index (χ2n) is 7.87. The molecule has 2 aliphatic rings. The molecule has 1 saturated carbocycles. The molecule has 3 atom stereocenters. The van der Waals surface area contributed by atoms with E-state index in [1.807, 2.05) is 31.7 Å². The van der Waals surface area contributed by atoms with Crippen LogP contribution in [0.3, 0.4) is 0 Å². The fourth-order valence-corrected chi connectivity index (χ4v) is 3.83. The SMILES string of the molecule is CC(C)(C)OC(=O)N1C[C@H]2CC(CNc3ccc(Cl)nn3)C[C@H]2C1. The number of hydrogen-bond donors (Lipinski definition) is 1. The smallest absolute Gasteiger partial charge is 0.410 e. The first-order valence-corrected chi connectivity index (χ1v) is 8.89. The Labute approximate surface area is 147 Å². The Morgan fingerprint density at radius 2 is 1.96 bits per heavy atom. The normalized spacial score (nSPS) is 26.3. The number of aromatic nitrogens is 2. The topological polar surface area (TPSA) is 67.3 Å². The molecule has 6 nitrogen and oxygen atoms in total. The van der Waals surface area contributed by atoms with Crippen molar-refractivity contribution in [2.24, 2.45) is 17.8 Å². The van der Waals surface area contributed by atoms with E-state index < -0.39 is 5.60 Å². The van der Waals surface area contributed by atoms with E-state index in [1.54, 1.807) is 6.07 Å². The van der Waals surface area contributed by atoms with E-state index in [4.69, 9.17) is 16.3 Å². The lowest BCUT2D eigenvalue weighted by molar-refractivity contribution is 0.0278. The van der Waals surface area contributed by atoms with Crippen molar-refractivity contribution in [1.29, 1.82) is 0 Å². The van der Waals surface area contributed by atoms with E-state index in [2.05, 4.69) is 15.5 Å². The van der Waals surface area contributed by atoms with Gasteiger partial charge < -0.3 is 15.0 Å². The molecule has 1 aliphatic heterocycles.